The van der Waals surface area contributed by atoms with Crippen LogP contribution in [0, 0.1) is 6.92 Å². The molecule has 0 saturated carbocycles. The summed E-state index contributed by atoms with van der Waals surface area (Å²) in [6.07, 6.45) is 1.77. The van der Waals surface area contributed by atoms with Gasteiger partial charge in [-0.3, -0.25) is 4.98 Å². The molecule has 0 aliphatic carbocycles. The van der Waals surface area contributed by atoms with E-state index in [4.69, 9.17) is 5.14 Å². The Morgan fingerprint density at radius 1 is 1.24 bits per heavy atom. The van der Waals surface area contributed by atoms with E-state index < -0.39 is 10.0 Å². The fraction of sp³-hybridized carbons (Fsp3) is 0.267. The lowest BCUT2D eigenvalue weighted by molar-refractivity contribution is 0.565. The zero-order valence-corrected chi connectivity index (χ0v) is 12.9. The highest BCUT2D eigenvalue weighted by molar-refractivity contribution is 7.89. The van der Waals surface area contributed by atoms with E-state index in [0.29, 0.717) is 6.54 Å². The lowest BCUT2D eigenvalue weighted by Gasteiger charge is -2.15. The fourth-order valence-electron chi connectivity index (χ4n) is 2.02. The number of rotatable bonds is 5. The van der Waals surface area contributed by atoms with Gasteiger partial charge in [0.2, 0.25) is 10.0 Å². The van der Waals surface area contributed by atoms with Crippen molar-refractivity contribution in [3.8, 4) is 0 Å². The SMILES string of the molecule is Cc1cccnc1CNC(C)c1ccc(S(N)(=O)=O)cc1. The number of hydrogen-bond acceptors (Lipinski definition) is 4. The van der Waals surface area contributed by atoms with Crippen molar-refractivity contribution in [3.63, 3.8) is 0 Å². The molecule has 1 unspecified atom stereocenters. The molecule has 1 heterocycles. The van der Waals surface area contributed by atoms with Gasteiger partial charge in [-0.2, -0.15) is 0 Å². The maximum atomic E-state index is 11.2. The molecule has 1 aromatic heterocycles. The van der Waals surface area contributed by atoms with Crippen molar-refractivity contribution in [1.29, 1.82) is 0 Å². The molecule has 0 bridgehead atoms. The predicted molar refractivity (Wildman–Crippen MR) is 82.0 cm³/mol. The monoisotopic (exact) mass is 305 g/mol. The first-order chi connectivity index (χ1) is 9.88. The molecule has 2 rings (SSSR count). The molecule has 2 aromatic rings. The Labute approximate surface area is 125 Å². The molecule has 3 N–H and O–H groups in total. The Morgan fingerprint density at radius 2 is 1.90 bits per heavy atom. The third-order valence-electron chi connectivity index (χ3n) is 3.40. The Balaban J connectivity index is 2.04. The Kier molecular flexibility index (Phi) is 4.72. The van der Waals surface area contributed by atoms with E-state index in [0.717, 1.165) is 16.8 Å². The number of primary sulfonamides is 1. The molecule has 1 atom stereocenters. The predicted octanol–water partition coefficient (Wildman–Crippen LogP) is 1.89. The summed E-state index contributed by atoms with van der Waals surface area (Å²) in [6.45, 7) is 4.70. The highest BCUT2D eigenvalue weighted by Crippen LogP contribution is 2.16. The second-order valence-corrected chi connectivity index (χ2v) is 6.55. The maximum Gasteiger partial charge on any atom is 0.238 e. The first-order valence-corrected chi connectivity index (χ1v) is 8.19. The summed E-state index contributed by atoms with van der Waals surface area (Å²) in [6, 6.07) is 10.6. The van der Waals surface area contributed by atoms with Gasteiger partial charge in [-0.05, 0) is 43.2 Å². The van der Waals surface area contributed by atoms with Gasteiger partial charge in [0.25, 0.3) is 0 Å². The summed E-state index contributed by atoms with van der Waals surface area (Å²) in [5.41, 5.74) is 3.14. The average Bonchev–Trinajstić information content (AvgIpc) is 2.45. The van der Waals surface area contributed by atoms with E-state index in [1.54, 1.807) is 18.3 Å². The van der Waals surface area contributed by atoms with Gasteiger partial charge in [-0.25, -0.2) is 13.6 Å². The number of hydrogen-bond donors (Lipinski definition) is 2. The quantitative estimate of drug-likeness (QED) is 0.883. The van der Waals surface area contributed by atoms with Crippen LogP contribution in [-0.2, 0) is 16.6 Å². The summed E-state index contributed by atoms with van der Waals surface area (Å²) in [7, 11) is -3.64. The second kappa shape index (κ2) is 6.34. The second-order valence-electron chi connectivity index (χ2n) is 4.98. The molecule has 6 heteroatoms. The Hall–Kier alpha value is -1.76. The first-order valence-electron chi connectivity index (χ1n) is 6.64. The van der Waals surface area contributed by atoms with Gasteiger partial charge < -0.3 is 5.32 Å². The minimum absolute atomic E-state index is 0.0842. The molecule has 0 amide bonds. The standard InChI is InChI=1S/C15H19N3O2S/c1-11-4-3-9-17-15(11)10-18-12(2)13-5-7-14(8-6-13)21(16,19)20/h3-9,12,18H,10H2,1-2H3,(H2,16,19,20). The number of pyridine rings is 1. The van der Waals surface area contributed by atoms with Gasteiger partial charge in [0.1, 0.15) is 0 Å². The van der Waals surface area contributed by atoms with Crippen molar-refractivity contribution in [1.82, 2.24) is 10.3 Å². The van der Waals surface area contributed by atoms with Crippen LogP contribution in [0.4, 0.5) is 0 Å². The van der Waals surface area contributed by atoms with Crippen LogP contribution in [0.25, 0.3) is 0 Å². The van der Waals surface area contributed by atoms with Gasteiger partial charge in [-0.15, -0.1) is 0 Å². The number of aryl methyl sites for hydroxylation is 1. The summed E-state index contributed by atoms with van der Waals surface area (Å²) >= 11 is 0. The zero-order valence-electron chi connectivity index (χ0n) is 12.1. The molecule has 5 nitrogen and oxygen atoms in total. The number of aromatic nitrogens is 1. The minimum Gasteiger partial charge on any atom is -0.305 e. The minimum atomic E-state index is -3.64. The molecule has 0 aliphatic heterocycles. The summed E-state index contributed by atoms with van der Waals surface area (Å²) in [5.74, 6) is 0. The van der Waals surface area contributed by atoms with E-state index in [-0.39, 0.29) is 10.9 Å². The average molecular weight is 305 g/mol. The van der Waals surface area contributed by atoms with Crippen molar-refractivity contribution in [2.45, 2.75) is 31.3 Å². The van der Waals surface area contributed by atoms with E-state index >= 15 is 0 Å². The number of nitrogens with one attached hydrogen (secondary N) is 1. The fourth-order valence-corrected chi connectivity index (χ4v) is 2.53. The van der Waals surface area contributed by atoms with Crippen LogP contribution in [0.5, 0.6) is 0 Å². The third kappa shape index (κ3) is 4.10. The molecule has 1 aromatic carbocycles. The molecular weight excluding hydrogens is 286 g/mol. The largest absolute Gasteiger partial charge is 0.305 e. The van der Waals surface area contributed by atoms with Crippen LogP contribution in [-0.4, -0.2) is 13.4 Å². The van der Waals surface area contributed by atoms with Gasteiger partial charge >= 0.3 is 0 Å². The van der Waals surface area contributed by atoms with Crippen LogP contribution >= 0.6 is 0 Å². The van der Waals surface area contributed by atoms with Crippen LogP contribution < -0.4 is 10.5 Å². The third-order valence-corrected chi connectivity index (χ3v) is 4.33. The number of nitrogens with zero attached hydrogens (tertiary/aromatic N) is 1. The van der Waals surface area contributed by atoms with Gasteiger partial charge in [0, 0.05) is 18.8 Å². The van der Waals surface area contributed by atoms with Crippen molar-refractivity contribution < 1.29 is 8.42 Å². The Morgan fingerprint density at radius 3 is 2.48 bits per heavy atom. The summed E-state index contributed by atoms with van der Waals surface area (Å²) < 4.78 is 22.4. The smallest absolute Gasteiger partial charge is 0.238 e. The molecule has 0 spiro atoms. The lowest BCUT2D eigenvalue weighted by Crippen LogP contribution is -2.19. The van der Waals surface area contributed by atoms with E-state index in [1.165, 1.54) is 12.1 Å². The number of benzene rings is 1. The zero-order chi connectivity index (χ0) is 15.5. The van der Waals surface area contributed by atoms with E-state index in [2.05, 4.69) is 10.3 Å². The van der Waals surface area contributed by atoms with Crippen molar-refractivity contribution in [2.24, 2.45) is 5.14 Å². The van der Waals surface area contributed by atoms with Crippen molar-refractivity contribution >= 4 is 10.0 Å². The molecule has 0 radical (unpaired) electrons. The first kappa shape index (κ1) is 15.6. The highest BCUT2D eigenvalue weighted by Gasteiger charge is 2.10. The summed E-state index contributed by atoms with van der Waals surface area (Å²) in [5, 5.41) is 8.45. The number of nitrogens with two attached hydrogens (primary N) is 1. The maximum absolute atomic E-state index is 11.2. The van der Waals surface area contributed by atoms with E-state index in [9.17, 15) is 8.42 Å². The molecule has 0 aliphatic rings. The molecule has 21 heavy (non-hydrogen) atoms. The van der Waals surface area contributed by atoms with Gasteiger partial charge in [0.05, 0.1) is 10.6 Å². The van der Waals surface area contributed by atoms with Crippen molar-refractivity contribution in [3.05, 3.63) is 59.4 Å². The molecule has 0 fully saturated rings. The normalized spacial score (nSPS) is 13.1. The van der Waals surface area contributed by atoms with Crippen molar-refractivity contribution in [2.75, 3.05) is 0 Å². The lowest BCUT2D eigenvalue weighted by atomic mass is 10.1. The molecular formula is C15H19N3O2S. The molecule has 0 saturated heterocycles. The summed E-state index contributed by atoms with van der Waals surface area (Å²) in [4.78, 5) is 4.46. The van der Waals surface area contributed by atoms with Crippen LogP contribution in [0.15, 0.2) is 47.5 Å². The van der Waals surface area contributed by atoms with Gasteiger partial charge in [-0.1, -0.05) is 18.2 Å². The Bertz CT molecular complexity index is 712. The van der Waals surface area contributed by atoms with Gasteiger partial charge in [0.15, 0.2) is 0 Å². The van der Waals surface area contributed by atoms with Crippen LogP contribution in [0.3, 0.4) is 0 Å². The topological polar surface area (TPSA) is 85.1 Å². The van der Waals surface area contributed by atoms with E-state index in [1.807, 2.05) is 26.0 Å². The highest BCUT2D eigenvalue weighted by atomic mass is 32.2. The molecule has 112 valence electrons. The number of sulfonamides is 1. The van der Waals surface area contributed by atoms with Crippen LogP contribution in [0.2, 0.25) is 0 Å². The van der Waals surface area contributed by atoms with Crippen LogP contribution in [0.1, 0.15) is 29.8 Å².